The average Bonchev–Trinajstić information content (AvgIpc) is 3.56. The van der Waals surface area contributed by atoms with Crippen molar-refractivity contribution >= 4 is 46.5 Å². The minimum Gasteiger partial charge on any atom is -0.472 e. The normalized spacial score (nSPS) is 18.0. The van der Waals surface area contributed by atoms with Gasteiger partial charge in [-0.25, -0.2) is 4.98 Å². The molecule has 1 aromatic heterocycles. The van der Waals surface area contributed by atoms with Crippen molar-refractivity contribution in [3.63, 3.8) is 0 Å². The Bertz CT molecular complexity index is 1130. The summed E-state index contributed by atoms with van der Waals surface area (Å²) < 4.78 is 11.7. The quantitative estimate of drug-likeness (QED) is 0.357. The van der Waals surface area contributed by atoms with E-state index >= 15 is 0 Å². The van der Waals surface area contributed by atoms with Crippen molar-refractivity contribution in [1.29, 1.82) is 0 Å². The summed E-state index contributed by atoms with van der Waals surface area (Å²) in [6.45, 7) is 7.96. The van der Waals surface area contributed by atoms with Gasteiger partial charge in [0.15, 0.2) is 11.4 Å². The predicted octanol–water partition coefficient (Wildman–Crippen LogP) is 4.23. The number of carbonyl (C=O) groups excluding carboxylic acids is 3. The second kappa shape index (κ2) is 12.0. The molecule has 1 aromatic carbocycles. The van der Waals surface area contributed by atoms with Crippen molar-refractivity contribution < 1.29 is 23.9 Å². The summed E-state index contributed by atoms with van der Waals surface area (Å²) in [5.41, 5.74) is 1.37. The Labute approximate surface area is 225 Å². The van der Waals surface area contributed by atoms with Crippen LogP contribution in [0.3, 0.4) is 0 Å². The van der Waals surface area contributed by atoms with Crippen LogP contribution in [0.2, 0.25) is 0 Å². The first-order chi connectivity index (χ1) is 17.7. The third-order valence-electron chi connectivity index (χ3n) is 6.17. The second-order valence-electron chi connectivity index (χ2n) is 9.99. The molecule has 0 aliphatic carbocycles. The number of ether oxygens (including phenoxy) is 2. The van der Waals surface area contributed by atoms with Crippen LogP contribution in [0.4, 0.5) is 5.13 Å². The lowest BCUT2D eigenvalue weighted by Gasteiger charge is -2.31. The zero-order valence-corrected chi connectivity index (χ0v) is 22.8. The van der Waals surface area contributed by atoms with Gasteiger partial charge in [-0.1, -0.05) is 44.2 Å². The molecule has 37 heavy (non-hydrogen) atoms. The van der Waals surface area contributed by atoms with Gasteiger partial charge in [0.25, 0.3) is 12.4 Å². The molecule has 0 saturated carbocycles. The minimum absolute atomic E-state index is 0.0303. The summed E-state index contributed by atoms with van der Waals surface area (Å²) in [5, 5.41) is 6.79. The van der Waals surface area contributed by atoms with Crippen LogP contribution in [0.25, 0.3) is 0 Å². The lowest BCUT2D eigenvalue weighted by Crippen LogP contribution is -2.41. The van der Waals surface area contributed by atoms with Gasteiger partial charge in [-0.3, -0.25) is 14.4 Å². The van der Waals surface area contributed by atoms with Crippen LogP contribution in [0.5, 0.6) is 0 Å². The number of hydrogen-bond acceptors (Lipinski definition) is 9. The molecule has 11 heteroatoms. The van der Waals surface area contributed by atoms with E-state index in [0.717, 1.165) is 21.3 Å². The fraction of sp³-hybridized carbons (Fsp3) is 0.462. The number of benzene rings is 1. The van der Waals surface area contributed by atoms with Gasteiger partial charge in [-0.2, -0.15) is 0 Å². The number of hydrogen-bond donors (Lipinski definition) is 2. The van der Waals surface area contributed by atoms with Gasteiger partial charge >= 0.3 is 0 Å². The summed E-state index contributed by atoms with van der Waals surface area (Å²) in [6.07, 6.45) is 4.83. The van der Waals surface area contributed by atoms with Gasteiger partial charge in [-0.15, -0.1) is 11.8 Å². The Hall–Kier alpha value is -3.05. The molecule has 2 amide bonds. The summed E-state index contributed by atoms with van der Waals surface area (Å²) in [5.74, 6) is 1.39. The number of nitrogens with zero attached hydrogens (tertiary/aromatic N) is 2. The molecule has 2 N–H and O–H groups in total. The maximum absolute atomic E-state index is 12.8. The molecule has 0 radical (unpaired) electrons. The molecule has 1 unspecified atom stereocenters. The lowest BCUT2D eigenvalue weighted by atomic mass is 9.95. The molecule has 2 aliphatic rings. The Balaban J connectivity index is 1.19. The topological polar surface area (TPSA) is 110 Å². The van der Waals surface area contributed by atoms with Crippen LogP contribution in [0, 0.1) is 11.3 Å². The number of aromatic nitrogens is 1. The number of amides is 2. The van der Waals surface area contributed by atoms with E-state index in [1.54, 1.807) is 47.1 Å². The maximum Gasteiger partial charge on any atom is 0.293 e. The van der Waals surface area contributed by atoms with Crippen molar-refractivity contribution in [2.75, 3.05) is 24.2 Å². The number of likely N-dealkylation sites (tertiary alicyclic amines) is 1. The maximum atomic E-state index is 12.8. The summed E-state index contributed by atoms with van der Waals surface area (Å²) in [7, 11) is 0. The van der Waals surface area contributed by atoms with E-state index in [1.807, 2.05) is 6.20 Å². The number of thiazole rings is 1. The van der Waals surface area contributed by atoms with Crippen molar-refractivity contribution in [1.82, 2.24) is 15.2 Å². The smallest absolute Gasteiger partial charge is 0.293 e. The number of piperidine rings is 1. The number of rotatable bonds is 9. The average molecular weight is 545 g/mol. The molecule has 2 aliphatic heterocycles. The van der Waals surface area contributed by atoms with Gasteiger partial charge in [-0.05, 0) is 30.5 Å². The highest BCUT2D eigenvalue weighted by molar-refractivity contribution is 8.01. The Morgan fingerprint density at radius 3 is 2.65 bits per heavy atom. The second-order valence-corrected chi connectivity index (χ2v) is 12.3. The van der Waals surface area contributed by atoms with Crippen LogP contribution in [0.15, 0.2) is 46.6 Å². The Kier molecular flexibility index (Phi) is 8.75. The minimum atomic E-state index is -0.162. The summed E-state index contributed by atoms with van der Waals surface area (Å²) in [6, 6.07) is 7.01. The largest absolute Gasteiger partial charge is 0.472 e. The molecule has 4 rings (SSSR count). The molecular weight excluding hydrogens is 512 g/mol. The molecule has 3 heterocycles. The van der Waals surface area contributed by atoms with E-state index in [9.17, 15) is 14.4 Å². The SMILES string of the molecule is CC(C)(C)C1=CNC(CSc2cnc(NC(=O)C3CCN(C(=O)c4ccc(COC=O)cc4)CC3)s2)O1. The zero-order chi connectivity index (χ0) is 26.4. The highest BCUT2D eigenvalue weighted by atomic mass is 32.2. The molecule has 1 fully saturated rings. The van der Waals surface area contributed by atoms with Crippen LogP contribution in [0.1, 0.15) is 49.5 Å². The molecule has 1 atom stereocenters. The third kappa shape index (κ3) is 7.26. The van der Waals surface area contributed by atoms with Crippen molar-refractivity contribution in [2.45, 2.75) is 50.7 Å². The van der Waals surface area contributed by atoms with Crippen molar-refractivity contribution in [3.8, 4) is 0 Å². The zero-order valence-electron chi connectivity index (χ0n) is 21.2. The van der Waals surface area contributed by atoms with Crippen molar-refractivity contribution in [2.24, 2.45) is 11.3 Å². The number of nitrogens with one attached hydrogen (secondary N) is 2. The first kappa shape index (κ1) is 27.0. The van der Waals surface area contributed by atoms with E-state index in [4.69, 9.17) is 9.47 Å². The molecule has 0 bridgehead atoms. The van der Waals surface area contributed by atoms with Gasteiger partial charge in [0.2, 0.25) is 5.91 Å². The van der Waals surface area contributed by atoms with E-state index in [2.05, 4.69) is 36.4 Å². The van der Waals surface area contributed by atoms with Gasteiger partial charge in [0.05, 0.1) is 16.2 Å². The fourth-order valence-electron chi connectivity index (χ4n) is 4.02. The number of allylic oxidation sites excluding steroid dienone is 1. The third-order valence-corrected chi connectivity index (χ3v) is 8.34. The van der Waals surface area contributed by atoms with E-state index in [-0.39, 0.29) is 36.0 Å². The first-order valence-electron chi connectivity index (χ1n) is 12.2. The molecule has 1 saturated heterocycles. The van der Waals surface area contributed by atoms with Crippen LogP contribution in [-0.4, -0.2) is 53.2 Å². The van der Waals surface area contributed by atoms with Crippen molar-refractivity contribution in [3.05, 3.63) is 53.5 Å². The van der Waals surface area contributed by atoms with Crippen LogP contribution >= 0.6 is 23.1 Å². The van der Waals surface area contributed by atoms with E-state index in [0.29, 0.717) is 43.1 Å². The Morgan fingerprint density at radius 2 is 2.00 bits per heavy atom. The van der Waals surface area contributed by atoms with Gasteiger partial charge < -0.3 is 25.0 Å². The fourth-order valence-corrected chi connectivity index (χ4v) is 5.85. The molecule has 9 nitrogen and oxygen atoms in total. The molecule has 0 spiro atoms. The Morgan fingerprint density at radius 1 is 1.27 bits per heavy atom. The first-order valence-corrected chi connectivity index (χ1v) is 14.0. The van der Waals surface area contributed by atoms with Crippen LogP contribution in [-0.2, 0) is 25.7 Å². The molecule has 2 aromatic rings. The standard InChI is InChI=1S/C26H32N4O5S2/c1-26(2,3)20-12-27-21(35-20)15-36-22-13-28-25(37-22)29-23(32)18-8-10-30(11-9-18)24(33)19-6-4-17(5-7-19)14-34-16-31/h4-7,12-13,16,18,21,27H,8-11,14-15H2,1-3H3,(H,28,29,32). The summed E-state index contributed by atoms with van der Waals surface area (Å²) >= 11 is 3.09. The van der Waals surface area contributed by atoms with Crippen LogP contribution < -0.4 is 10.6 Å². The number of anilines is 1. The van der Waals surface area contributed by atoms with Gasteiger partial charge in [0, 0.05) is 36.2 Å². The lowest BCUT2D eigenvalue weighted by molar-refractivity contribution is -0.129. The van der Waals surface area contributed by atoms with Gasteiger partial charge in [0.1, 0.15) is 12.4 Å². The van der Waals surface area contributed by atoms with E-state index in [1.165, 1.54) is 11.3 Å². The predicted molar refractivity (Wildman–Crippen MR) is 143 cm³/mol. The van der Waals surface area contributed by atoms with E-state index < -0.39 is 0 Å². The highest BCUT2D eigenvalue weighted by Crippen LogP contribution is 2.33. The number of thioether (sulfide) groups is 1. The molecule has 198 valence electrons. The monoisotopic (exact) mass is 544 g/mol. The molecular formula is C26H32N4O5S2. The summed E-state index contributed by atoms with van der Waals surface area (Å²) in [4.78, 5) is 42.1. The highest BCUT2D eigenvalue weighted by Gasteiger charge is 2.29. The number of carbonyl (C=O) groups is 3.